The molecule has 2 aromatic rings. The summed E-state index contributed by atoms with van der Waals surface area (Å²) in [7, 11) is 1.51. The number of amides is 2. The Labute approximate surface area is 137 Å². The number of aryl methyl sites for hydroxylation is 1. The van der Waals surface area contributed by atoms with E-state index in [4.69, 9.17) is 11.6 Å². The lowest BCUT2D eigenvalue weighted by atomic mass is 10.1. The number of H-pyrrole nitrogens is 1. The molecule has 0 radical (unpaired) electrons. The van der Waals surface area contributed by atoms with Gasteiger partial charge >= 0.3 is 0 Å². The maximum Gasteiger partial charge on any atom is 0.257 e. The van der Waals surface area contributed by atoms with Gasteiger partial charge in [-0.25, -0.2) is 0 Å². The van der Waals surface area contributed by atoms with Gasteiger partial charge in [0.15, 0.2) is 0 Å². The van der Waals surface area contributed by atoms with Gasteiger partial charge in [-0.05, 0) is 24.6 Å². The van der Waals surface area contributed by atoms with Crippen LogP contribution in [0.4, 0.5) is 0 Å². The Kier molecular flexibility index (Phi) is 5.18. The summed E-state index contributed by atoms with van der Waals surface area (Å²) in [5.41, 5.74) is 0.999. The molecule has 0 aliphatic rings. The largest absolute Gasteiger partial charge is 0.360 e. The number of nitrogens with one attached hydrogen (secondary N) is 3. The molecule has 0 aliphatic heterocycles. The first kappa shape index (κ1) is 16.8. The average molecular weight is 334 g/mol. The number of carbonyl (C=O) groups is 2. The number of rotatable bonds is 4. The van der Waals surface area contributed by atoms with E-state index in [1.165, 1.54) is 25.4 Å². The fourth-order valence-corrected chi connectivity index (χ4v) is 2.24. The third kappa shape index (κ3) is 3.60. The van der Waals surface area contributed by atoms with Crippen molar-refractivity contribution in [2.24, 2.45) is 0 Å². The third-order valence-corrected chi connectivity index (χ3v) is 3.80. The summed E-state index contributed by atoms with van der Waals surface area (Å²) in [6.45, 7) is 1.94. The van der Waals surface area contributed by atoms with E-state index in [9.17, 15) is 14.4 Å². The minimum atomic E-state index is -0.512. The van der Waals surface area contributed by atoms with E-state index in [2.05, 4.69) is 15.6 Å². The molecule has 1 aromatic carbocycles. The minimum absolute atomic E-state index is 0.00701. The smallest absolute Gasteiger partial charge is 0.257 e. The van der Waals surface area contributed by atoms with Crippen LogP contribution in [-0.4, -0.2) is 30.4 Å². The normalized spacial score (nSPS) is 10.9. The molecular weight excluding hydrogens is 318 g/mol. The molecule has 3 N–H and O–H groups in total. The molecule has 0 unspecified atom stereocenters. The summed E-state index contributed by atoms with van der Waals surface area (Å²) in [6, 6.07) is 3.22. The molecule has 120 valence electrons. The number of carbonyl (C=O) groups excluding carboxylic acids is 2. The van der Waals surface area contributed by atoms with Crippen molar-refractivity contribution in [2.45, 2.75) is 6.92 Å². The van der Waals surface area contributed by atoms with Gasteiger partial charge in [0.25, 0.3) is 5.91 Å². The number of fused-ring (bicyclic) bond motifs is 1. The second kappa shape index (κ2) is 7.11. The second-order valence-corrected chi connectivity index (χ2v) is 5.26. The number of pyridine rings is 1. The van der Waals surface area contributed by atoms with Crippen LogP contribution in [0.15, 0.2) is 35.3 Å². The molecule has 0 spiro atoms. The maximum absolute atomic E-state index is 12.4. The molecular formula is C16H16ClN3O3. The first-order valence-corrected chi connectivity index (χ1v) is 7.30. The molecule has 1 aromatic heterocycles. The quantitative estimate of drug-likeness (QED) is 0.741. The second-order valence-electron chi connectivity index (χ2n) is 4.85. The van der Waals surface area contributed by atoms with E-state index in [0.29, 0.717) is 15.9 Å². The van der Waals surface area contributed by atoms with Crippen molar-refractivity contribution in [3.05, 3.63) is 56.9 Å². The van der Waals surface area contributed by atoms with Crippen LogP contribution >= 0.6 is 11.6 Å². The van der Waals surface area contributed by atoms with Gasteiger partial charge in [0.1, 0.15) is 5.56 Å². The Bertz CT molecular complexity index is 856. The summed E-state index contributed by atoms with van der Waals surface area (Å²) in [4.78, 5) is 38.4. The van der Waals surface area contributed by atoms with Crippen molar-refractivity contribution in [1.29, 1.82) is 0 Å². The fourth-order valence-electron chi connectivity index (χ4n) is 2.08. The van der Waals surface area contributed by atoms with Crippen LogP contribution in [0.1, 0.15) is 15.9 Å². The number of hydrogen-bond acceptors (Lipinski definition) is 3. The first-order valence-electron chi connectivity index (χ1n) is 6.92. The highest BCUT2D eigenvalue weighted by molar-refractivity contribution is 6.32. The molecule has 0 fully saturated rings. The van der Waals surface area contributed by atoms with Crippen molar-refractivity contribution in [3.8, 4) is 0 Å². The van der Waals surface area contributed by atoms with Crippen molar-refractivity contribution >= 4 is 34.3 Å². The zero-order chi connectivity index (χ0) is 17.0. The predicted octanol–water partition coefficient (Wildman–Crippen LogP) is 1.52. The SMILES string of the molecule is CNC(=O)/C=C/CNC(=O)c1c[nH]c2c(C)c(Cl)ccc2c1=O. The summed E-state index contributed by atoms with van der Waals surface area (Å²) in [5, 5.41) is 5.93. The van der Waals surface area contributed by atoms with Crippen LogP contribution in [0.5, 0.6) is 0 Å². The summed E-state index contributed by atoms with van der Waals surface area (Å²) in [6.07, 6.45) is 4.16. The summed E-state index contributed by atoms with van der Waals surface area (Å²) in [5.74, 6) is -0.780. The molecule has 2 rings (SSSR count). The fraction of sp³-hybridized carbons (Fsp3) is 0.188. The van der Waals surface area contributed by atoms with Crippen LogP contribution in [0.2, 0.25) is 5.02 Å². The topological polar surface area (TPSA) is 91.1 Å². The highest BCUT2D eigenvalue weighted by Gasteiger charge is 2.13. The van der Waals surface area contributed by atoms with Gasteiger partial charge < -0.3 is 15.6 Å². The maximum atomic E-state index is 12.4. The van der Waals surface area contributed by atoms with E-state index in [1.807, 2.05) is 0 Å². The monoisotopic (exact) mass is 333 g/mol. The minimum Gasteiger partial charge on any atom is -0.360 e. The number of aromatic nitrogens is 1. The molecule has 0 bridgehead atoms. The van der Waals surface area contributed by atoms with Crippen molar-refractivity contribution in [2.75, 3.05) is 13.6 Å². The highest BCUT2D eigenvalue weighted by Crippen LogP contribution is 2.21. The molecule has 0 saturated heterocycles. The molecule has 23 heavy (non-hydrogen) atoms. The zero-order valence-corrected chi connectivity index (χ0v) is 13.5. The molecule has 0 atom stereocenters. The van der Waals surface area contributed by atoms with E-state index < -0.39 is 5.91 Å². The van der Waals surface area contributed by atoms with Gasteiger partial charge in [0, 0.05) is 36.3 Å². The van der Waals surface area contributed by atoms with Gasteiger partial charge in [-0.3, -0.25) is 14.4 Å². The molecule has 0 saturated carbocycles. The van der Waals surface area contributed by atoms with E-state index in [-0.39, 0.29) is 23.4 Å². The Morgan fingerprint density at radius 3 is 2.78 bits per heavy atom. The number of benzene rings is 1. The van der Waals surface area contributed by atoms with Gasteiger partial charge in [0.05, 0.1) is 5.52 Å². The van der Waals surface area contributed by atoms with E-state index in [1.54, 1.807) is 19.1 Å². The van der Waals surface area contributed by atoms with E-state index in [0.717, 1.165) is 5.56 Å². The standard InChI is InChI=1S/C16H16ClN3O3/c1-9-12(17)6-5-10-14(9)20-8-11(15(10)22)16(23)19-7-3-4-13(21)18-2/h3-6,8H,7H2,1-2H3,(H,18,21)(H,19,23)(H,20,22)/b4-3+. The van der Waals surface area contributed by atoms with Crippen LogP contribution in [0.25, 0.3) is 10.9 Å². The Morgan fingerprint density at radius 1 is 1.35 bits per heavy atom. The highest BCUT2D eigenvalue weighted by atomic mass is 35.5. The Balaban J connectivity index is 2.24. The molecule has 1 heterocycles. The number of hydrogen-bond donors (Lipinski definition) is 3. The third-order valence-electron chi connectivity index (χ3n) is 3.39. The average Bonchev–Trinajstić information content (AvgIpc) is 2.55. The van der Waals surface area contributed by atoms with Gasteiger partial charge in [0.2, 0.25) is 11.3 Å². The van der Waals surface area contributed by atoms with Gasteiger partial charge in [-0.2, -0.15) is 0 Å². The summed E-state index contributed by atoms with van der Waals surface area (Å²) >= 11 is 6.02. The van der Waals surface area contributed by atoms with Crippen molar-refractivity contribution in [1.82, 2.24) is 15.6 Å². The predicted molar refractivity (Wildman–Crippen MR) is 89.9 cm³/mol. The number of aromatic amines is 1. The van der Waals surface area contributed by atoms with Crippen molar-refractivity contribution < 1.29 is 9.59 Å². The van der Waals surface area contributed by atoms with Crippen LogP contribution in [0, 0.1) is 6.92 Å². The summed E-state index contributed by atoms with van der Waals surface area (Å²) < 4.78 is 0. The molecule has 2 amide bonds. The Morgan fingerprint density at radius 2 is 2.09 bits per heavy atom. The van der Waals surface area contributed by atoms with Gasteiger partial charge in [-0.15, -0.1) is 0 Å². The lowest BCUT2D eigenvalue weighted by Gasteiger charge is -2.07. The zero-order valence-electron chi connectivity index (χ0n) is 12.7. The molecule has 7 heteroatoms. The molecule has 6 nitrogen and oxygen atoms in total. The van der Waals surface area contributed by atoms with Crippen LogP contribution < -0.4 is 16.1 Å². The van der Waals surface area contributed by atoms with Gasteiger partial charge in [-0.1, -0.05) is 17.7 Å². The van der Waals surface area contributed by atoms with E-state index >= 15 is 0 Å². The van der Waals surface area contributed by atoms with Crippen molar-refractivity contribution in [3.63, 3.8) is 0 Å². The lowest BCUT2D eigenvalue weighted by molar-refractivity contribution is -0.116. The lowest BCUT2D eigenvalue weighted by Crippen LogP contribution is -2.29. The number of likely N-dealkylation sites (N-methyl/N-ethyl adjacent to an activating group) is 1. The van der Waals surface area contributed by atoms with Crippen LogP contribution in [-0.2, 0) is 4.79 Å². The Hall–Kier alpha value is -2.60. The first-order chi connectivity index (χ1) is 11.0. The number of halogens is 1. The molecule has 0 aliphatic carbocycles. The van der Waals surface area contributed by atoms with Crippen LogP contribution in [0.3, 0.4) is 0 Å².